The molecule has 4 atom stereocenters. The maximum Gasteiger partial charge on any atom is 0.331 e. The van der Waals surface area contributed by atoms with Crippen LogP contribution in [0, 0.1) is 0 Å². The zero-order valence-corrected chi connectivity index (χ0v) is 17.5. The van der Waals surface area contributed by atoms with Crippen molar-refractivity contribution in [2.75, 3.05) is 14.2 Å². The highest BCUT2D eigenvalue weighted by Crippen LogP contribution is 2.38. The Morgan fingerprint density at radius 3 is 1.37 bits per heavy atom. The topological polar surface area (TPSA) is 76.2 Å². The fourth-order valence-corrected chi connectivity index (χ4v) is 4.00. The lowest BCUT2D eigenvalue weighted by Gasteiger charge is -2.29. The lowest BCUT2D eigenvalue weighted by Crippen LogP contribution is -2.49. The molecule has 0 aromatic heterocycles. The van der Waals surface area contributed by atoms with Crippen LogP contribution in [0.4, 0.5) is 4.79 Å². The van der Waals surface area contributed by atoms with Crippen molar-refractivity contribution in [3.63, 3.8) is 0 Å². The summed E-state index contributed by atoms with van der Waals surface area (Å²) in [4.78, 5) is 42.1. The molecule has 7 heteroatoms. The second kappa shape index (κ2) is 8.98. The number of hydrogen-bond donors (Lipinski definition) is 0. The summed E-state index contributed by atoms with van der Waals surface area (Å²) in [7, 11) is 2.49. The summed E-state index contributed by atoms with van der Waals surface area (Å²) >= 11 is 0. The molecule has 2 amide bonds. The third-order valence-corrected chi connectivity index (χ3v) is 5.62. The van der Waals surface area contributed by atoms with Gasteiger partial charge in [-0.2, -0.15) is 0 Å². The van der Waals surface area contributed by atoms with E-state index in [1.165, 1.54) is 24.0 Å². The largest absolute Gasteiger partial charge is 0.467 e. The SMILES string of the molecule is COC(=O)C1C(C(=O)OC)N(C(C)c2ccccc2)C(=O)N1C(C)c1ccccc1. The number of hydrogen-bond acceptors (Lipinski definition) is 5. The normalized spacial score (nSPS) is 20.6. The number of methoxy groups -OCH3 is 2. The summed E-state index contributed by atoms with van der Waals surface area (Å²) < 4.78 is 9.98. The maximum absolute atomic E-state index is 13.6. The molecule has 3 rings (SSSR count). The van der Waals surface area contributed by atoms with Crippen LogP contribution in [0.2, 0.25) is 0 Å². The first-order valence-corrected chi connectivity index (χ1v) is 9.78. The fraction of sp³-hybridized carbons (Fsp3) is 0.348. The maximum atomic E-state index is 13.6. The Labute approximate surface area is 176 Å². The molecule has 0 saturated carbocycles. The van der Waals surface area contributed by atoms with Crippen LogP contribution in [-0.4, -0.2) is 54.1 Å². The van der Waals surface area contributed by atoms with E-state index in [-0.39, 0.29) is 0 Å². The van der Waals surface area contributed by atoms with Crippen molar-refractivity contribution in [1.29, 1.82) is 0 Å². The van der Waals surface area contributed by atoms with E-state index >= 15 is 0 Å². The van der Waals surface area contributed by atoms with Crippen molar-refractivity contribution in [3.05, 3.63) is 71.8 Å². The molecule has 0 bridgehead atoms. The fourth-order valence-electron chi connectivity index (χ4n) is 4.00. The summed E-state index contributed by atoms with van der Waals surface area (Å²) in [5, 5.41) is 0. The molecular weight excluding hydrogens is 384 g/mol. The minimum atomic E-state index is -1.13. The Bertz CT molecular complexity index is 829. The van der Waals surface area contributed by atoms with Gasteiger partial charge < -0.3 is 19.3 Å². The van der Waals surface area contributed by atoms with Gasteiger partial charge in [-0.1, -0.05) is 60.7 Å². The van der Waals surface area contributed by atoms with E-state index in [2.05, 4.69) is 0 Å². The van der Waals surface area contributed by atoms with Gasteiger partial charge >= 0.3 is 18.0 Å². The lowest BCUT2D eigenvalue weighted by molar-refractivity contribution is -0.155. The van der Waals surface area contributed by atoms with Crippen molar-refractivity contribution in [2.24, 2.45) is 0 Å². The Morgan fingerprint density at radius 1 is 0.733 bits per heavy atom. The first-order valence-electron chi connectivity index (χ1n) is 9.78. The first kappa shape index (κ1) is 21.4. The Kier molecular flexibility index (Phi) is 6.40. The average Bonchev–Trinajstić information content (AvgIpc) is 3.10. The van der Waals surface area contributed by atoms with Gasteiger partial charge in [-0.15, -0.1) is 0 Å². The van der Waals surface area contributed by atoms with Crippen LogP contribution in [0.15, 0.2) is 60.7 Å². The smallest absolute Gasteiger partial charge is 0.331 e. The number of ether oxygens (including phenoxy) is 2. The van der Waals surface area contributed by atoms with Crippen molar-refractivity contribution in [3.8, 4) is 0 Å². The van der Waals surface area contributed by atoms with Crippen LogP contribution in [0.3, 0.4) is 0 Å². The Balaban J connectivity index is 2.11. The highest BCUT2D eigenvalue weighted by molar-refractivity contribution is 5.97. The molecule has 1 fully saturated rings. The number of esters is 2. The molecule has 4 unspecified atom stereocenters. The minimum Gasteiger partial charge on any atom is -0.467 e. The van der Waals surface area contributed by atoms with Gasteiger partial charge in [0.05, 0.1) is 26.3 Å². The van der Waals surface area contributed by atoms with E-state index in [9.17, 15) is 14.4 Å². The third-order valence-electron chi connectivity index (χ3n) is 5.62. The molecule has 2 aromatic rings. The number of carbonyl (C=O) groups is 3. The molecule has 1 aliphatic heterocycles. The molecule has 30 heavy (non-hydrogen) atoms. The van der Waals surface area contributed by atoms with Gasteiger partial charge in [0.1, 0.15) is 0 Å². The van der Waals surface area contributed by atoms with Crippen LogP contribution in [0.5, 0.6) is 0 Å². The number of carbonyl (C=O) groups excluding carboxylic acids is 3. The van der Waals surface area contributed by atoms with E-state index in [0.717, 1.165) is 11.1 Å². The molecule has 7 nitrogen and oxygen atoms in total. The zero-order chi connectivity index (χ0) is 21.8. The standard InChI is InChI=1S/C23H26N2O5/c1-15(17-11-7-5-8-12-17)24-19(21(26)29-3)20(22(27)30-4)25(23(24)28)16(2)18-13-9-6-10-14-18/h5-16,19-20H,1-4H3. The molecule has 158 valence electrons. The van der Waals surface area contributed by atoms with E-state index < -0.39 is 42.1 Å². The van der Waals surface area contributed by atoms with Crippen LogP contribution in [0.1, 0.15) is 37.1 Å². The molecule has 0 N–H and O–H groups in total. The Morgan fingerprint density at radius 2 is 1.07 bits per heavy atom. The zero-order valence-electron chi connectivity index (χ0n) is 17.5. The summed E-state index contributed by atoms with van der Waals surface area (Å²) in [6.45, 7) is 3.66. The molecule has 1 aliphatic rings. The summed E-state index contributed by atoms with van der Waals surface area (Å²) in [5.74, 6) is -1.33. The highest BCUT2D eigenvalue weighted by Gasteiger charge is 2.57. The van der Waals surface area contributed by atoms with Crippen LogP contribution in [0.25, 0.3) is 0 Å². The molecule has 0 radical (unpaired) electrons. The van der Waals surface area contributed by atoms with Gasteiger partial charge in [-0.05, 0) is 25.0 Å². The number of nitrogens with zero attached hydrogens (tertiary/aromatic N) is 2. The second-order valence-corrected chi connectivity index (χ2v) is 7.21. The van der Waals surface area contributed by atoms with Gasteiger partial charge in [0, 0.05) is 0 Å². The van der Waals surface area contributed by atoms with Gasteiger partial charge in [-0.3, -0.25) is 0 Å². The molecule has 1 saturated heterocycles. The second-order valence-electron chi connectivity index (χ2n) is 7.21. The predicted molar refractivity (Wildman–Crippen MR) is 110 cm³/mol. The quantitative estimate of drug-likeness (QED) is 0.683. The minimum absolute atomic E-state index is 0.423. The Hall–Kier alpha value is -3.35. The predicted octanol–water partition coefficient (Wildman–Crippen LogP) is 3.33. The van der Waals surface area contributed by atoms with Crippen LogP contribution in [-0.2, 0) is 19.1 Å². The van der Waals surface area contributed by atoms with E-state index in [1.54, 1.807) is 0 Å². The monoisotopic (exact) mass is 410 g/mol. The third kappa shape index (κ3) is 3.75. The molecular formula is C23H26N2O5. The number of rotatable bonds is 6. The number of urea groups is 1. The van der Waals surface area contributed by atoms with Gasteiger partial charge in [-0.25, -0.2) is 14.4 Å². The van der Waals surface area contributed by atoms with Crippen LogP contribution >= 0.6 is 0 Å². The van der Waals surface area contributed by atoms with Crippen molar-refractivity contribution in [2.45, 2.75) is 38.0 Å². The van der Waals surface area contributed by atoms with Crippen molar-refractivity contribution < 1.29 is 23.9 Å². The molecule has 1 heterocycles. The van der Waals surface area contributed by atoms with Gasteiger partial charge in [0.15, 0.2) is 12.1 Å². The van der Waals surface area contributed by atoms with E-state index in [4.69, 9.17) is 9.47 Å². The highest BCUT2D eigenvalue weighted by atomic mass is 16.5. The average molecular weight is 410 g/mol. The molecule has 2 aromatic carbocycles. The molecule has 0 aliphatic carbocycles. The van der Waals surface area contributed by atoms with Gasteiger partial charge in [0.2, 0.25) is 0 Å². The number of amides is 2. The summed E-state index contributed by atoms with van der Waals surface area (Å²) in [5.41, 5.74) is 1.69. The van der Waals surface area contributed by atoms with E-state index in [0.29, 0.717) is 0 Å². The van der Waals surface area contributed by atoms with Gasteiger partial charge in [0.25, 0.3) is 0 Å². The summed E-state index contributed by atoms with van der Waals surface area (Å²) in [6, 6.07) is 15.1. The van der Waals surface area contributed by atoms with Crippen molar-refractivity contribution in [1.82, 2.24) is 9.80 Å². The lowest BCUT2D eigenvalue weighted by atomic mass is 10.0. The van der Waals surface area contributed by atoms with E-state index in [1.807, 2.05) is 74.5 Å². The summed E-state index contributed by atoms with van der Waals surface area (Å²) in [6.07, 6.45) is 0. The van der Waals surface area contributed by atoms with Crippen molar-refractivity contribution >= 4 is 18.0 Å². The first-order chi connectivity index (χ1) is 14.4. The molecule has 0 spiro atoms. The van der Waals surface area contributed by atoms with Crippen LogP contribution < -0.4 is 0 Å². The number of benzene rings is 2.